The summed E-state index contributed by atoms with van der Waals surface area (Å²) in [5.41, 5.74) is -1.61. The monoisotopic (exact) mass is 622 g/mol. The average molecular weight is 623 g/mol. The lowest BCUT2D eigenvalue weighted by Gasteiger charge is -2.39. The number of rotatable bonds is 6. The number of hydrogen-bond acceptors (Lipinski definition) is 7. The molecule has 0 bridgehead atoms. The maximum absolute atomic E-state index is 14.6. The Bertz CT molecular complexity index is 1420. The molecular weight excluding hydrogens is 584 g/mol. The lowest BCUT2D eigenvalue weighted by atomic mass is 9.89. The van der Waals surface area contributed by atoms with Crippen LogP contribution in [0.5, 0.6) is 0 Å². The summed E-state index contributed by atoms with van der Waals surface area (Å²) >= 11 is 0. The number of aliphatic hydroxyl groups is 1. The largest absolute Gasteiger partial charge is 0.444 e. The quantitative estimate of drug-likeness (QED) is 0.137. The molecule has 1 fully saturated rings. The molecule has 3 heterocycles. The van der Waals surface area contributed by atoms with Gasteiger partial charge in [0.2, 0.25) is 0 Å². The van der Waals surface area contributed by atoms with Crippen molar-refractivity contribution in [3.05, 3.63) is 53.6 Å². The number of fused-ring (bicyclic) bond motifs is 1. The molecule has 2 unspecified atom stereocenters. The zero-order valence-corrected chi connectivity index (χ0v) is 25.3. The van der Waals surface area contributed by atoms with Crippen molar-refractivity contribution in [1.82, 2.24) is 15.5 Å². The second kappa shape index (κ2) is 12.1. The first-order valence-corrected chi connectivity index (χ1v) is 14.2. The van der Waals surface area contributed by atoms with Crippen LogP contribution in [0.15, 0.2) is 47.3 Å². The van der Waals surface area contributed by atoms with Gasteiger partial charge in [-0.1, -0.05) is 6.58 Å². The molecule has 2 atom stereocenters. The number of hydrogen-bond donors (Lipinski definition) is 5. The summed E-state index contributed by atoms with van der Waals surface area (Å²) in [5, 5.41) is 22.1. The summed E-state index contributed by atoms with van der Waals surface area (Å²) in [7, 11) is 1.34. The molecule has 1 aromatic rings. The zero-order valence-electron chi connectivity index (χ0n) is 25.3. The number of benzene rings is 1. The Morgan fingerprint density at radius 2 is 1.93 bits per heavy atom. The molecule has 14 heteroatoms. The number of piperidine rings is 1. The van der Waals surface area contributed by atoms with Gasteiger partial charge in [0.25, 0.3) is 5.91 Å². The van der Waals surface area contributed by atoms with Crippen LogP contribution in [0.2, 0.25) is 0 Å². The fourth-order valence-corrected chi connectivity index (χ4v) is 5.58. The molecule has 0 aromatic heterocycles. The van der Waals surface area contributed by atoms with Gasteiger partial charge in [-0.2, -0.15) is 13.2 Å². The van der Waals surface area contributed by atoms with Gasteiger partial charge in [-0.3, -0.25) is 9.79 Å². The highest BCUT2D eigenvalue weighted by atomic mass is 19.4. The van der Waals surface area contributed by atoms with Crippen LogP contribution in [0.25, 0.3) is 5.57 Å². The molecule has 0 spiro atoms. The first-order chi connectivity index (χ1) is 20.5. The molecule has 5 N–H and O–H groups in total. The van der Waals surface area contributed by atoms with Gasteiger partial charge < -0.3 is 36.0 Å². The third-order valence-electron chi connectivity index (χ3n) is 7.71. The molecule has 1 aromatic carbocycles. The van der Waals surface area contributed by atoms with Crippen LogP contribution in [-0.2, 0) is 9.53 Å². The maximum Gasteiger partial charge on any atom is 0.410 e. The van der Waals surface area contributed by atoms with Gasteiger partial charge in [-0.05, 0) is 64.9 Å². The van der Waals surface area contributed by atoms with Crippen molar-refractivity contribution in [1.29, 1.82) is 0 Å². The van der Waals surface area contributed by atoms with E-state index in [9.17, 15) is 32.3 Å². The number of likely N-dealkylation sites (tertiary alicyclic amines) is 1. The Balaban J connectivity index is 1.52. The number of halogens is 4. The number of nitrogens with one attached hydrogen (secondary N) is 4. The standard InChI is InChI=1S/C30H38F4N6O4/c1-7-36-21-14-20-17(12-19(21)31)18(26(41)39-20)13-22-24(30(32,33)34)23(16(2)38-22)25(35-6)37-15-29(43)8-10-40(11-9-29)27(42)44-28(3,4)5/h7,12-14,22,24,36,38,43H,1,8-11,15H2,2-6H3,(H,35,37)(H,39,41)/b18-13-. The predicted octanol–water partition coefficient (Wildman–Crippen LogP) is 4.52. The van der Waals surface area contributed by atoms with E-state index in [-0.39, 0.29) is 72.1 Å². The van der Waals surface area contributed by atoms with Crippen molar-refractivity contribution in [3.8, 4) is 0 Å². The molecule has 0 saturated carbocycles. The first-order valence-electron chi connectivity index (χ1n) is 14.2. The molecule has 10 nitrogen and oxygen atoms in total. The minimum atomic E-state index is -4.75. The van der Waals surface area contributed by atoms with Crippen molar-refractivity contribution >= 4 is 34.8 Å². The van der Waals surface area contributed by atoms with Gasteiger partial charge in [-0.15, -0.1) is 0 Å². The average Bonchev–Trinajstić information content (AvgIpc) is 3.39. The third kappa shape index (κ3) is 7.01. The first kappa shape index (κ1) is 32.8. The summed E-state index contributed by atoms with van der Waals surface area (Å²) in [4.78, 5) is 30.8. The normalized spacial score (nSPS) is 22.9. The molecule has 44 heavy (non-hydrogen) atoms. The number of allylic oxidation sites excluding steroid dienone is 1. The number of carbonyl (C=O) groups excluding carboxylic acids is 2. The van der Waals surface area contributed by atoms with E-state index in [0.29, 0.717) is 0 Å². The summed E-state index contributed by atoms with van der Waals surface area (Å²) in [6, 6.07) is 1.03. The third-order valence-corrected chi connectivity index (χ3v) is 7.71. The van der Waals surface area contributed by atoms with Crippen LogP contribution < -0.4 is 21.3 Å². The number of carbonyl (C=O) groups is 2. The van der Waals surface area contributed by atoms with Gasteiger partial charge in [0.05, 0.1) is 23.0 Å². The number of aliphatic imine (C=N–C) groups is 1. The Morgan fingerprint density at radius 1 is 1.27 bits per heavy atom. The Morgan fingerprint density at radius 3 is 2.50 bits per heavy atom. The van der Waals surface area contributed by atoms with Crippen LogP contribution in [0.1, 0.15) is 46.1 Å². The van der Waals surface area contributed by atoms with E-state index in [1.54, 1.807) is 20.8 Å². The molecule has 4 rings (SSSR count). The number of alkyl halides is 3. The summed E-state index contributed by atoms with van der Waals surface area (Å²) in [6.45, 7) is 10.5. The minimum Gasteiger partial charge on any atom is -0.444 e. The van der Waals surface area contributed by atoms with Crippen molar-refractivity contribution in [2.75, 3.05) is 37.3 Å². The fourth-order valence-electron chi connectivity index (χ4n) is 5.58. The number of nitrogens with zero attached hydrogens (tertiary/aromatic N) is 2. The Kier molecular flexibility index (Phi) is 9.06. The van der Waals surface area contributed by atoms with E-state index in [4.69, 9.17) is 4.74 Å². The minimum absolute atomic E-state index is 0.0549. The second-order valence-corrected chi connectivity index (χ2v) is 12.1. The van der Waals surface area contributed by atoms with Crippen LogP contribution >= 0.6 is 0 Å². The molecule has 240 valence electrons. The topological polar surface area (TPSA) is 127 Å². The smallest absolute Gasteiger partial charge is 0.410 e. The van der Waals surface area contributed by atoms with Gasteiger partial charge in [-0.25, -0.2) is 9.18 Å². The van der Waals surface area contributed by atoms with Gasteiger partial charge >= 0.3 is 12.3 Å². The predicted molar refractivity (Wildman–Crippen MR) is 159 cm³/mol. The molecule has 1 saturated heterocycles. The summed E-state index contributed by atoms with van der Waals surface area (Å²) in [5.74, 6) is -3.53. The molecule has 2 amide bonds. The van der Waals surface area contributed by atoms with E-state index in [0.717, 1.165) is 12.1 Å². The summed E-state index contributed by atoms with van der Waals surface area (Å²) < 4.78 is 63.9. The van der Waals surface area contributed by atoms with Gasteiger partial charge in [0.1, 0.15) is 23.2 Å². The molecular formula is C30H38F4N6O4. The number of anilines is 2. The van der Waals surface area contributed by atoms with Gasteiger partial charge in [0, 0.05) is 49.1 Å². The number of amidine groups is 1. The van der Waals surface area contributed by atoms with Crippen molar-refractivity contribution in [3.63, 3.8) is 0 Å². The second-order valence-electron chi connectivity index (χ2n) is 12.1. The van der Waals surface area contributed by atoms with E-state index in [1.165, 1.54) is 31.1 Å². The molecule has 0 radical (unpaired) electrons. The van der Waals surface area contributed by atoms with Crippen molar-refractivity contribution in [2.45, 2.75) is 64.0 Å². The Labute approximate surface area is 253 Å². The Hall–Kier alpha value is -4.07. The maximum atomic E-state index is 14.6. The highest BCUT2D eigenvalue weighted by molar-refractivity contribution is 6.31. The molecule has 3 aliphatic rings. The van der Waals surface area contributed by atoms with Crippen LogP contribution in [-0.4, -0.2) is 77.9 Å². The zero-order chi connectivity index (χ0) is 32.6. The van der Waals surface area contributed by atoms with E-state index in [2.05, 4.69) is 32.8 Å². The molecule has 0 aliphatic carbocycles. The van der Waals surface area contributed by atoms with Crippen LogP contribution in [0.4, 0.5) is 33.7 Å². The molecule has 3 aliphatic heterocycles. The summed E-state index contributed by atoms with van der Waals surface area (Å²) in [6.07, 6.45) is -2.47. The van der Waals surface area contributed by atoms with Crippen LogP contribution in [0.3, 0.4) is 0 Å². The highest BCUT2D eigenvalue weighted by Gasteiger charge is 2.52. The lowest BCUT2D eigenvalue weighted by molar-refractivity contribution is -0.164. The van der Waals surface area contributed by atoms with Crippen molar-refractivity contribution < 1.29 is 37.0 Å². The van der Waals surface area contributed by atoms with Crippen LogP contribution in [0, 0.1) is 11.7 Å². The SMILES string of the molecule is C=CNc1cc2c(cc1F)/C(=C/C1NC(C)=C(C(=NC)NCC3(O)CCN(C(=O)OC(C)(C)C)CC3)C1C(F)(F)F)C(=O)N2. The number of ether oxygens (including phenoxy) is 1. The van der Waals surface area contributed by atoms with E-state index < -0.39 is 47.2 Å². The van der Waals surface area contributed by atoms with E-state index >= 15 is 0 Å². The fraction of sp³-hybridized carbons (Fsp3) is 0.500. The number of amides is 2. The highest BCUT2D eigenvalue weighted by Crippen LogP contribution is 2.43. The van der Waals surface area contributed by atoms with E-state index in [1.807, 2.05) is 0 Å². The van der Waals surface area contributed by atoms with Gasteiger partial charge in [0.15, 0.2) is 0 Å². The van der Waals surface area contributed by atoms with Crippen molar-refractivity contribution in [2.24, 2.45) is 10.9 Å². The lowest BCUT2D eigenvalue weighted by Crippen LogP contribution is -2.53.